The number of carbonyl (C=O) groups excluding carboxylic acids is 2. The number of hydrogen-bond acceptors (Lipinski definition) is 9. The number of ether oxygens (including phenoxy) is 2. The van der Waals surface area contributed by atoms with E-state index in [4.69, 9.17) is 19.4 Å². The molecule has 0 aliphatic carbocycles. The van der Waals surface area contributed by atoms with E-state index in [-0.39, 0.29) is 19.0 Å². The third-order valence-corrected chi connectivity index (χ3v) is 7.78. The van der Waals surface area contributed by atoms with Crippen molar-refractivity contribution in [2.75, 3.05) is 29.9 Å². The van der Waals surface area contributed by atoms with Gasteiger partial charge in [-0.3, -0.25) is 4.90 Å². The fourth-order valence-corrected chi connectivity index (χ4v) is 5.46. The van der Waals surface area contributed by atoms with Gasteiger partial charge in [-0.2, -0.15) is 9.61 Å². The van der Waals surface area contributed by atoms with E-state index in [2.05, 4.69) is 10.4 Å². The molecular formula is C33H46N8O5. The van der Waals surface area contributed by atoms with E-state index in [1.165, 1.54) is 4.90 Å². The minimum absolute atomic E-state index is 0.126. The van der Waals surface area contributed by atoms with Crippen LogP contribution in [0.25, 0.3) is 11.3 Å². The van der Waals surface area contributed by atoms with Gasteiger partial charge in [0.05, 0.1) is 31.1 Å². The third kappa shape index (κ3) is 7.52. The Morgan fingerprint density at radius 3 is 2.50 bits per heavy atom. The molecule has 13 heteroatoms. The largest absolute Gasteiger partial charge is 0.444 e. The molecule has 4 aromatic heterocycles. The van der Waals surface area contributed by atoms with Crippen molar-refractivity contribution in [1.82, 2.24) is 28.9 Å². The molecule has 2 amide bonds. The lowest BCUT2D eigenvalue weighted by Gasteiger charge is -2.36. The van der Waals surface area contributed by atoms with Gasteiger partial charge in [0.2, 0.25) is 0 Å². The molecule has 4 aromatic rings. The number of fused-ring (bicyclic) bond motifs is 2. The van der Waals surface area contributed by atoms with E-state index >= 15 is 0 Å². The van der Waals surface area contributed by atoms with Gasteiger partial charge < -0.3 is 29.2 Å². The summed E-state index contributed by atoms with van der Waals surface area (Å²) >= 11 is 0. The third-order valence-electron chi connectivity index (χ3n) is 7.78. The Labute approximate surface area is 269 Å². The first-order valence-corrected chi connectivity index (χ1v) is 15.8. The molecule has 0 radical (unpaired) electrons. The number of aliphatic hydroxyl groups excluding tert-OH is 1. The molecule has 1 fully saturated rings. The number of nitrogens with zero attached hydrogens (tertiary/aromatic N) is 7. The summed E-state index contributed by atoms with van der Waals surface area (Å²) in [4.78, 5) is 39.1. The molecule has 2 N–H and O–H groups in total. The van der Waals surface area contributed by atoms with Gasteiger partial charge in [0, 0.05) is 42.5 Å². The molecule has 0 saturated carbocycles. The topological polar surface area (TPSA) is 139 Å². The molecule has 0 spiro atoms. The van der Waals surface area contributed by atoms with Gasteiger partial charge in [0.25, 0.3) is 0 Å². The number of β-amino-alcohol motifs (C(OH)–C–C–N with tert-alkyl or cyclic N) is 1. The number of pyridine rings is 1. The highest BCUT2D eigenvalue weighted by molar-refractivity contribution is 5.88. The first-order valence-electron chi connectivity index (χ1n) is 15.8. The maximum absolute atomic E-state index is 13.8. The molecule has 0 unspecified atom stereocenters. The number of likely N-dealkylation sites (tertiary alicyclic amines) is 1. The molecule has 5 heterocycles. The number of hydrogen-bond donors (Lipinski definition) is 2. The van der Waals surface area contributed by atoms with Crippen LogP contribution in [-0.2, 0) is 22.4 Å². The quantitative estimate of drug-likeness (QED) is 0.280. The number of piperidine rings is 1. The van der Waals surface area contributed by atoms with E-state index < -0.39 is 29.5 Å². The van der Waals surface area contributed by atoms with Gasteiger partial charge in [0.15, 0.2) is 5.65 Å². The van der Waals surface area contributed by atoms with Crippen LogP contribution in [0.15, 0.2) is 36.7 Å². The number of amides is 2. The van der Waals surface area contributed by atoms with Crippen molar-refractivity contribution in [2.45, 2.75) is 92.1 Å². The number of imidazole rings is 1. The van der Waals surface area contributed by atoms with E-state index in [1.54, 1.807) is 21.7 Å². The number of aromatic nitrogens is 5. The second-order valence-corrected chi connectivity index (χ2v) is 13.9. The molecule has 5 rings (SSSR count). The van der Waals surface area contributed by atoms with Crippen LogP contribution in [0, 0.1) is 12.8 Å². The first kappa shape index (κ1) is 33.0. The van der Waals surface area contributed by atoms with E-state index in [0.717, 1.165) is 16.9 Å². The van der Waals surface area contributed by atoms with Crippen LogP contribution in [0.5, 0.6) is 0 Å². The fourth-order valence-electron chi connectivity index (χ4n) is 5.46. The average molecular weight is 635 g/mol. The molecule has 0 bridgehead atoms. The predicted octanol–water partition coefficient (Wildman–Crippen LogP) is 5.22. The summed E-state index contributed by atoms with van der Waals surface area (Å²) in [5.74, 6) is 0.869. The van der Waals surface area contributed by atoms with Crippen molar-refractivity contribution >= 4 is 35.1 Å². The van der Waals surface area contributed by atoms with Crippen molar-refractivity contribution in [3.05, 3.63) is 53.6 Å². The smallest absolute Gasteiger partial charge is 0.416 e. The van der Waals surface area contributed by atoms with Crippen LogP contribution in [0.4, 0.5) is 21.2 Å². The molecular weight excluding hydrogens is 588 g/mol. The predicted molar refractivity (Wildman–Crippen MR) is 175 cm³/mol. The van der Waals surface area contributed by atoms with Crippen molar-refractivity contribution < 1.29 is 24.2 Å². The van der Waals surface area contributed by atoms with E-state index in [1.807, 2.05) is 84.2 Å². The lowest BCUT2D eigenvalue weighted by molar-refractivity contribution is -0.0104. The van der Waals surface area contributed by atoms with Gasteiger partial charge in [-0.25, -0.2) is 19.6 Å². The second-order valence-electron chi connectivity index (χ2n) is 13.9. The maximum Gasteiger partial charge on any atom is 0.416 e. The van der Waals surface area contributed by atoms with Gasteiger partial charge in [-0.15, -0.1) is 0 Å². The van der Waals surface area contributed by atoms with Crippen molar-refractivity contribution in [2.24, 2.45) is 5.92 Å². The van der Waals surface area contributed by atoms with E-state index in [9.17, 15) is 14.7 Å². The van der Waals surface area contributed by atoms with Crippen LogP contribution in [0.2, 0.25) is 0 Å². The number of nitrogens with one attached hydrogen (secondary N) is 1. The van der Waals surface area contributed by atoms with Gasteiger partial charge >= 0.3 is 12.2 Å². The minimum Gasteiger partial charge on any atom is -0.444 e. The second kappa shape index (κ2) is 12.8. The highest BCUT2D eigenvalue weighted by Gasteiger charge is 2.33. The van der Waals surface area contributed by atoms with Crippen molar-refractivity contribution in [1.29, 1.82) is 0 Å². The molecule has 46 heavy (non-hydrogen) atoms. The number of carbonyl (C=O) groups is 2. The molecule has 2 atom stereocenters. The monoisotopic (exact) mass is 634 g/mol. The Morgan fingerprint density at radius 1 is 1.11 bits per heavy atom. The Morgan fingerprint density at radius 2 is 1.85 bits per heavy atom. The summed E-state index contributed by atoms with van der Waals surface area (Å²) in [6, 6.07) is 7.65. The van der Waals surface area contributed by atoms with Gasteiger partial charge in [-0.1, -0.05) is 13.0 Å². The Hall–Kier alpha value is -4.39. The standard InChI is InChI=1S/C33H46N8O5/c1-9-22-17-35-41-28(40(31(44)46-33(6,7)8)19-24-18-39-21(2)11-10-12-27(39)36-24)15-26(37-29(22)41)34-16-23-13-14-38(20-25(23)42)30(43)45-32(3,4)5/h10-12,15,17-18,23,25,42H,9,13-14,16,19-20H2,1-8H3,(H,34,37)/t23-,25+/m1/s1. The van der Waals surface area contributed by atoms with Crippen molar-refractivity contribution in [3.8, 4) is 0 Å². The molecule has 13 nitrogen and oxygen atoms in total. The lowest BCUT2D eigenvalue weighted by Crippen LogP contribution is -2.49. The highest BCUT2D eigenvalue weighted by atomic mass is 16.6. The lowest BCUT2D eigenvalue weighted by atomic mass is 9.94. The van der Waals surface area contributed by atoms with Crippen LogP contribution >= 0.6 is 0 Å². The van der Waals surface area contributed by atoms with Crippen LogP contribution in [-0.4, -0.2) is 83.1 Å². The SMILES string of the molecule is CCc1cnn2c(N(Cc3cn4c(C)cccc4n3)C(=O)OC(C)(C)C)cc(NC[C@H]3CCN(C(=O)OC(C)(C)C)C[C@@H]3O)nc12. The van der Waals surface area contributed by atoms with Gasteiger partial charge in [-0.05, 0) is 73.4 Å². The summed E-state index contributed by atoms with van der Waals surface area (Å²) < 4.78 is 15.0. The van der Waals surface area contributed by atoms with E-state index in [0.29, 0.717) is 48.9 Å². The Balaban J connectivity index is 1.43. The summed E-state index contributed by atoms with van der Waals surface area (Å²) in [6.45, 7) is 16.2. The number of anilines is 2. The summed E-state index contributed by atoms with van der Waals surface area (Å²) in [5.41, 5.74) is 2.68. The zero-order chi connectivity index (χ0) is 33.4. The highest BCUT2D eigenvalue weighted by Crippen LogP contribution is 2.28. The van der Waals surface area contributed by atoms with Crippen LogP contribution in [0.3, 0.4) is 0 Å². The first-order chi connectivity index (χ1) is 21.6. The summed E-state index contributed by atoms with van der Waals surface area (Å²) in [5, 5.41) is 18.9. The Kier molecular flexibility index (Phi) is 9.16. The summed E-state index contributed by atoms with van der Waals surface area (Å²) in [7, 11) is 0. The zero-order valence-corrected chi connectivity index (χ0v) is 28.1. The minimum atomic E-state index is -0.741. The molecule has 0 aromatic carbocycles. The van der Waals surface area contributed by atoms with Crippen molar-refractivity contribution in [3.63, 3.8) is 0 Å². The number of aliphatic hydroxyl groups is 1. The molecule has 248 valence electrons. The Bertz CT molecular complexity index is 1720. The average Bonchev–Trinajstić information content (AvgIpc) is 3.57. The van der Waals surface area contributed by atoms with Gasteiger partial charge in [0.1, 0.15) is 28.5 Å². The fraction of sp³-hybridized carbons (Fsp3) is 0.545. The maximum atomic E-state index is 13.8. The number of rotatable bonds is 7. The number of aryl methyl sites for hydroxylation is 2. The molecule has 1 aliphatic rings. The zero-order valence-electron chi connectivity index (χ0n) is 28.1. The van der Waals surface area contributed by atoms with Crippen LogP contribution < -0.4 is 10.2 Å². The normalized spacial score (nSPS) is 17.4. The van der Waals surface area contributed by atoms with Crippen LogP contribution in [0.1, 0.15) is 71.8 Å². The molecule has 1 aliphatic heterocycles. The molecule has 1 saturated heterocycles. The summed E-state index contributed by atoms with van der Waals surface area (Å²) in [6.07, 6.45) is 3.25.